The third-order valence-electron chi connectivity index (χ3n) is 3.61. The van der Waals surface area contributed by atoms with Gasteiger partial charge in [-0.2, -0.15) is 0 Å². The van der Waals surface area contributed by atoms with E-state index >= 15 is 0 Å². The van der Waals surface area contributed by atoms with Crippen molar-refractivity contribution in [1.29, 1.82) is 0 Å². The number of benzene rings is 2. The highest BCUT2D eigenvalue weighted by molar-refractivity contribution is 6.31. The zero-order chi connectivity index (χ0) is 17.1. The normalized spacial score (nSPS) is 11.1. The van der Waals surface area contributed by atoms with Crippen LogP contribution in [0.1, 0.15) is 15.9 Å². The van der Waals surface area contributed by atoms with Crippen molar-refractivity contribution in [3.8, 4) is 5.75 Å². The number of halogens is 1. The van der Waals surface area contributed by atoms with Gasteiger partial charge in [0.1, 0.15) is 5.75 Å². The van der Waals surface area contributed by atoms with Crippen LogP contribution in [0.2, 0.25) is 5.02 Å². The topological polar surface area (TPSA) is 59.2 Å². The first-order valence-electron chi connectivity index (χ1n) is 7.26. The first-order chi connectivity index (χ1) is 11.6. The summed E-state index contributed by atoms with van der Waals surface area (Å²) in [6, 6.07) is 13.9. The summed E-state index contributed by atoms with van der Waals surface area (Å²) in [5.74, 6) is 0.371. The Bertz CT molecular complexity index is 988. The number of carbonyl (C=O) groups excluding carboxylic acids is 1. The van der Waals surface area contributed by atoms with Gasteiger partial charge in [0, 0.05) is 15.9 Å². The molecule has 0 fully saturated rings. The van der Waals surface area contributed by atoms with E-state index in [4.69, 9.17) is 16.3 Å². The average Bonchev–Trinajstić information content (AvgIpc) is 2.60. The molecule has 120 valence electrons. The molecule has 0 saturated carbocycles. The third kappa shape index (κ3) is 3.39. The van der Waals surface area contributed by atoms with Gasteiger partial charge >= 0.3 is 0 Å². The number of carbonyl (C=O) groups is 1. The Morgan fingerprint density at radius 2 is 1.88 bits per heavy atom. The van der Waals surface area contributed by atoms with Gasteiger partial charge in [0.2, 0.25) is 0 Å². The van der Waals surface area contributed by atoms with Gasteiger partial charge in [-0.1, -0.05) is 29.8 Å². The SMILES string of the molecule is COc1ccc(/C=C/C(=O)c2cc3cc(Cl)ccc3[nH]c2=O)cc1. The average molecular weight is 340 g/mol. The molecule has 3 aromatic rings. The summed E-state index contributed by atoms with van der Waals surface area (Å²) in [5, 5.41) is 1.25. The lowest BCUT2D eigenvalue weighted by atomic mass is 10.1. The number of pyridine rings is 1. The van der Waals surface area contributed by atoms with Gasteiger partial charge in [-0.05, 0) is 48.0 Å². The van der Waals surface area contributed by atoms with Crippen molar-refractivity contribution in [3.05, 3.63) is 81.1 Å². The van der Waals surface area contributed by atoms with Crippen molar-refractivity contribution >= 4 is 34.4 Å². The van der Waals surface area contributed by atoms with Crippen LogP contribution < -0.4 is 10.3 Å². The molecule has 0 aliphatic rings. The van der Waals surface area contributed by atoms with E-state index < -0.39 is 5.56 Å². The summed E-state index contributed by atoms with van der Waals surface area (Å²) >= 11 is 5.96. The number of nitrogens with one attached hydrogen (secondary N) is 1. The second-order valence-corrected chi connectivity index (χ2v) is 5.65. The van der Waals surface area contributed by atoms with Crippen LogP contribution in [0.5, 0.6) is 5.75 Å². The lowest BCUT2D eigenvalue weighted by Crippen LogP contribution is -2.16. The molecule has 1 heterocycles. The van der Waals surface area contributed by atoms with Crippen LogP contribution in [-0.4, -0.2) is 17.9 Å². The second-order valence-electron chi connectivity index (χ2n) is 5.21. The number of H-pyrrole nitrogens is 1. The van der Waals surface area contributed by atoms with E-state index in [9.17, 15) is 9.59 Å². The fraction of sp³-hybridized carbons (Fsp3) is 0.0526. The van der Waals surface area contributed by atoms with E-state index in [-0.39, 0.29) is 11.3 Å². The lowest BCUT2D eigenvalue weighted by molar-refractivity contribution is 0.104. The van der Waals surface area contributed by atoms with Gasteiger partial charge in [0.25, 0.3) is 5.56 Å². The quantitative estimate of drug-likeness (QED) is 0.575. The molecule has 3 rings (SSSR count). The van der Waals surface area contributed by atoms with Gasteiger partial charge in [-0.3, -0.25) is 9.59 Å². The maximum Gasteiger partial charge on any atom is 0.259 e. The molecule has 0 spiro atoms. The molecule has 24 heavy (non-hydrogen) atoms. The molecule has 0 saturated heterocycles. The van der Waals surface area contributed by atoms with Gasteiger partial charge in [-0.15, -0.1) is 0 Å². The Morgan fingerprint density at radius 3 is 2.58 bits per heavy atom. The summed E-state index contributed by atoms with van der Waals surface area (Å²) in [4.78, 5) is 27.1. The predicted molar refractivity (Wildman–Crippen MR) is 95.9 cm³/mol. The summed E-state index contributed by atoms with van der Waals surface area (Å²) < 4.78 is 5.08. The molecule has 0 aliphatic carbocycles. The largest absolute Gasteiger partial charge is 0.497 e. The van der Waals surface area contributed by atoms with Crippen LogP contribution >= 0.6 is 11.6 Å². The molecule has 1 N–H and O–H groups in total. The molecule has 0 unspecified atom stereocenters. The molecule has 0 radical (unpaired) electrons. The van der Waals surface area contributed by atoms with Crippen LogP contribution in [0.3, 0.4) is 0 Å². The zero-order valence-electron chi connectivity index (χ0n) is 12.9. The molecule has 1 aromatic heterocycles. The van der Waals surface area contributed by atoms with Crippen molar-refractivity contribution in [2.45, 2.75) is 0 Å². The van der Waals surface area contributed by atoms with Crippen LogP contribution in [-0.2, 0) is 0 Å². The molecule has 4 nitrogen and oxygen atoms in total. The van der Waals surface area contributed by atoms with Gasteiger partial charge in [0.05, 0.1) is 12.7 Å². The number of ketones is 1. The highest BCUT2D eigenvalue weighted by Gasteiger charge is 2.09. The van der Waals surface area contributed by atoms with Crippen molar-refractivity contribution < 1.29 is 9.53 Å². The molecule has 0 bridgehead atoms. The number of methoxy groups -OCH3 is 1. The van der Waals surface area contributed by atoms with E-state index in [1.807, 2.05) is 12.1 Å². The fourth-order valence-corrected chi connectivity index (χ4v) is 2.52. The Hall–Kier alpha value is -2.85. The van der Waals surface area contributed by atoms with Crippen LogP contribution in [0.25, 0.3) is 17.0 Å². The molecular formula is C19H14ClNO3. The molecular weight excluding hydrogens is 326 g/mol. The number of rotatable bonds is 4. The summed E-state index contributed by atoms with van der Waals surface area (Å²) in [6.07, 6.45) is 3.03. The second kappa shape index (κ2) is 6.72. The predicted octanol–water partition coefficient (Wildman–Crippen LogP) is 4.09. The maximum absolute atomic E-state index is 12.3. The maximum atomic E-state index is 12.3. The number of allylic oxidation sites excluding steroid dienone is 1. The first kappa shape index (κ1) is 16.0. The minimum Gasteiger partial charge on any atom is -0.497 e. The van der Waals surface area contributed by atoms with Crippen LogP contribution in [0.15, 0.2) is 59.4 Å². The lowest BCUT2D eigenvalue weighted by Gasteiger charge is -2.02. The van der Waals surface area contributed by atoms with Crippen LogP contribution in [0, 0.1) is 0 Å². The van der Waals surface area contributed by atoms with E-state index in [2.05, 4.69) is 4.98 Å². The van der Waals surface area contributed by atoms with Crippen LogP contribution in [0.4, 0.5) is 0 Å². The fourth-order valence-electron chi connectivity index (χ4n) is 2.34. The first-order valence-corrected chi connectivity index (χ1v) is 7.64. The zero-order valence-corrected chi connectivity index (χ0v) is 13.6. The van der Waals surface area contributed by atoms with Crippen molar-refractivity contribution in [2.75, 3.05) is 7.11 Å². The summed E-state index contributed by atoms with van der Waals surface area (Å²) in [5.41, 5.74) is 1.13. The molecule has 0 aliphatic heterocycles. The Morgan fingerprint density at radius 1 is 1.12 bits per heavy atom. The number of aromatic amines is 1. The molecule has 0 atom stereocenters. The standard InChI is InChI=1S/C19H14ClNO3/c1-24-15-6-2-12(3-7-15)4-9-18(22)16-11-13-10-14(20)5-8-17(13)21-19(16)23/h2-11H,1H3,(H,21,23)/b9-4+. The minimum absolute atomic E-state index is 0.0783. The highest BCUT2D eigenvalue weighted by Crippen LogP contribution is 2.18. The van der Waals surface area contributed by atoms with Crippen molar-refractivity contribution in [1.82, 2.24) is 4.98 Å². The Kier molecular flexibility index (Phi) is 4.49. The smallest absolute Gasteiger partial charge is 0.259 e. The summed E-state index contributed by atoms with van der Waals surface area (Å²) in [6.45, 7) is 0. The van der Waals surface area contributed by atoms with Gasteiger partial charge < -0.3 is 9.72 Å². The number of fused-ring (bicyclic) bond motifs is 1. The number of hydrogen-bond donors (Lipinski definition) is 1. The number of aromatic nitrogens is 1. The van der Waals surface area contributed by atoms with Crippen molar-refractivity contribution in [2.24, 2.45) is 0 Å². The van der Waals surface area contributed by atoms with E-state index in [0.29, 0.717) is 15.9 Å². The number of ether oxygens (including phenoxy) is 1. The molecule has 0 amide bonds. The van der Waals surface area contributed by atoms with E-state index in [0.717, 1.165) is 11.3 Å². The van der Waals surface area contributed by atoms with Crippen molar-refractivity contribution in [3.63, 3.8) is 0 Å². The molecule has 5 heteroatoms. The van der Waals surface area contributed by atoms with E-state index in [1.54, 1.807) is 49.6 Å². The third-order valence-corrected chi connectivity index (χ3v) is 3.85. The minimum atomic E-state index is -0.422. The monoisotopic (exact) mass is 339 g/mol. The van der Waals surface area contributed by atoms with Gasteiger partial charge in [-0.25, -0.2) is 0 Å². The summed E-state index contributed by atoms with van der Waals surface area (Å²) in [7, 11) is 1.59. The van der Waals surface area contributed by atoms with E-state index in [1.165, 1.54) is 6.08 Å². The molecule has 2 aromatic carbocycles. The Labute approximate surface area is 143 Å². The Balaban J connectivity index is 1.91. The van der Waals surface area contributed by atoms with Gasteiger partial charge in [0.15, 0.2) is 5.78 Å². The number of hydrogen-bond acceptors (Lipinski definition) is 3. The highest BCUT2D eigenvalue weighted by atomic mass is 35.5.